The molecule has 116 valence electrons. The van der Waals surface area contributed by atoms with Crippen LogP contribution in [-0.2, 0) is 9.53 Å². The number of methoxy groups -OCH3 is 1. The SMILES string of the molecule is C=CCOc1ccccc1[C@H]1NC(=O)NC(C)=C1C(=O)OC. The highest BCUT2D eigenvalue weighted by Gasteiger charge is 2.33. The molecule has 6 heteroatoms. The molecule has 0 saturated heterocycles. The van der Waals surface area contributed by atoms with Crippen LogP contribution in [-0.4, -0.2) is 25.7 Å². The predicted octanol–water partition coefficient (Wildman–Crippen LogP) is 2.05. The monoisotopic (exact) mass is 302 g/mol. The minimum absolute atomic E-state index is 0.326. The van der Waals surface area contributed by atoms with E-state index in [2.05, 4.69) is 17.2 Å². The van der Waals surface area contributed by atoms with E-state index >= 15 is 0 Å². The molecule has 6 nitrogen and oxygen atoms in total. The van der Waals surface area contributed by atoms with Crippen molar-refractivity contribution in [3.63, 3.8) is 0 Å². The fraction of sp³-hybridized carbons (Fsp3) is 0.250. The molecule has 1 heterocycles. The fourth-order valence-electron chi connectivity index (χ4n) is 2.31. The summed E-state index contributed by atoms with van der Waals surface area (Å²) in [6.45, 7) is 5.59. The molecule has 1 aromatic rings. The molecular formula is C16H18N2O4. The summed E-state index contributed by atoms with van der Waals surface area (Å²) in [6.07, 6.45) is 1.63. The van der Waals surface area contributed by atoms with E-state index in [9.17, 15) is 9.59 Å². The van der Waals surface area contributed by atoms with Gasteiger partial charge in [-0.05, 0) is 13.0 Å². The van der Waals surface area contributed by atoms with Crippen LogP contribution in [0.15, 0.2) is 48.2 Å². The lowest BCUT2D eigenvalue weighted by atomic mass is 9.95. The van der Waals surface area contributed by atoms with E-state index in [1.807, 2.05) is 12.1 Å². The average Bonchev–Trinajstić information content (AvgIpc) is 2.51. The topological polar surface area (TPSA) is 76.7 Å². The van der Waals surface area contributed by atoms with Crippen molar-refractivity contribution in [1.29, 1.82) is 0 Å². The maximum absolute atomic E-state index is 12.1. The van der Waals surface area contributed by atoms with E-state index in [4.69, 9.17) is 9.47 Å². The molecule has 0 spiro atoms. The molecule has 1 atom stereocenters. The van der Waals surface area contributed by atoms with Gasteiger partial charge in [0, 0.05) is 11.3 Å². The summed E-state index contributed by atoms with van der Waals surface area (Å²) in [5, 5.41) is 5.31. The van der Waals surface area contributed by atoms with Gasteiger partial charge in [0.1, 0.15) is 12.4 Å². The third-order valence-corrected chi connectivity index (χ3v) is 3.26. The Bertz CT molecular complexity index is 637. The summed E-state index contributed by atoms with van der Waals surface area (Å²) in [7, 11) is 1.30. The van der Waals surface area contributed by atoms with Crippen LogP contribution >= 0.6 is 0 Å². The molecule has 0 aliphatic carbocycles. The number of hydrogen-bond donors (Lipinski definition) is 2. The Hall–Kier alpha value is -2.76. The second-order valence-electron chi connectivity index (χ2n) is 4.70. The standard InChI is InChI=1S/C16H18N2O4/c1-4-9-22-12-8-6-5-7-11(12)14-13(15(19)21-3)10(2)17-16(20)18-14/h4-8,14H,1,9H2,2-3H3,(H2,17,18,20)/t14-/m1/s1. The van der Waals surface area contributed by atoms with Crippen molar-refractivity contribution in [3.8, 4) is 5.75 Å². The number of amides is 2. The van der Waals surface area contributed by atoms with Gasteiger partial charge in [0.05, 0.1) is 18.7 Å². The number of benzene rings is 1. The second-order valence-corrected chi connectivity index (χ2v) is 4.70. The molecule has 0 fully saturated rings. The van der Waals surface area contributed by atoms with Gasteiger partial charge in [-0.25, -0.2) is 9.59 Å². The minimum Gasteiger partial charge on any atom is -0.489 e. The number of hydrogen-bond acceptors (Lipinski definition) is 4. The van der Waals surface area contributed by atoms with Gasteiger partial charge in [0.25, 0.3) is 0 Å². The van der Waals surface area contributed by atoms with E-state index in [0.717, 1.165) is 0 Å². The van der Waals surface area contributed by atoms with E-state index in [-0.39, 0.29) is 6.03 Å². The highest BCUT2D eigenvalue weighted by molar-refractivity contribution is 5.95. The van der Waals surface area contributed by atoms with Crippen molar-refractivity contribution >= 4 is 12.0 Å². The first-order valence-corrected chi connectivity index (χ1v) is 6.77. The van der Waals surface area contributed by atoms with Crippen LogP contribution in [0.4, 0.5) is 4.79 Å². The van der Waals surface area contributed by atoms with Crippen LogP contribution < -0.4 is 15.4 Å². The molecule has 1 aromatic carbocycles. The summed E-state index contributed by atoms with van der Waals surface area (Å²) in [5.41, 5.74) is 1.48. The van der Waals surface area contributed by atoms with Crippen LogP contribution in [0.2, 0.25) is 0 Å². The lowest BCUT2D eigenvalue weighted by molar-refractivity contribution is -0.136. The zero-order chi connectivity index (χ0) is 16.1. The van der Waals surface area contributed by atoms with Crippen molar-refractivity contribution in [2.24, 2.45) is 0 Å². The molecule has 1 aliphatic heterocycles. The zero-order valence-corrected chi connectivity index (χ0v) is 12.5. The molecule has 0 saturated carbocycles. The molecule has 2 amide bonds. The molecule has 0 radical (unpaired) electrons. The Morgan fingerprint density at radius 3 is 2.82 bits per heavy atom. The Morgan fingerprint density at radius 1 is 1.41 bits per heavy atom. The summed E-state index contributed by atoms with van der Waals surface area (Å²) in [6, 6.07) is 6.19. The minimum atomic E-state index is -0.637. The van der Waals surface area contributed by atoms with Gasteiger partial charge in [0.15, 0.2) is 0 Å². The van der Waals surface area contributed by atoms with Gasteiger partial charge in [-0.2, -0.15) is 0 Å². The molecule has 0 bridgehead atoms. The Balaban J connectivity index is 2.48. The first-order chi connectivity index (χ1) is 10.6. The van der Waals surface area contributed by atoms with E-state index in [1.54, 1.807) is 25.1 Å². The van der Waals surface area contributed by atoms with Crippen LogP contribution in [0.3, 0.4) is 0 Å². The fourth-order valence-corrected chi connectivity index (χ4v) is 2.31. The van der Waals surface area contributed by atoms with Crippen LogP contribution in [0.25, 0.3) is 0 Å². The van der Waals surface area contributed by atoms with Crippen molar-refractivity contribution in [1.82, 2.24) is 10.6 Å². The lowest BCUT2D eigenvalue weighted by Gasteiger charge is -2.28. The third-order valence-electron chi connectivity index (χ3n) is 3.26. The summed E-state index contributed by atoms with van der Waals surface area (Å²) in [4.78, 5) is 23.8. The van der Waals surface area contributed by atoms with Gasteiger partial charge in [-0.1, -0.05) is 30.9 Å². The molecule has 0 aromatic heterocycles. The maximum atomic E-state index is 12.1. The smallest absolute Gasteiger partial charge is 0.337 e. The molecule has 0 unspecified atom stereocenters. The molecule has 2 N–H and O–H groups in total. The second kappa shape index (κ2) is 6.80. The van der Waals surface area contributed by atoms with Gasteiger partial charge < -0.3 is 20.1 Å². The van der Waals surface area contributed by atoms with Crippen molar-refractivity contribution in [2.45, 2.75) is 13.0 Å². The number of nitrogens with one attached hydrogen (secondary N) is 2. The van der Waals surface area contributed by atoms with Gasteiger partial charge in [-0.3, -0.25) is 0 Å². The third kappa shape index (κ3) is 3.11. The maximum Gasteiger partial charge on any atom is 0.337 e. The number of allylic oxidation sites excluding steroid dienone is 1. The Kier molecular flexibility index (Phi) is 4.83. The summed E-state index contributed by atoms with van der Waals surface area (Å²) >= 11 is 0. The van der Waals surface area contributed by atoms with E-state index in [1.165, 1.54) is 7.11 Å². The summed E-state index contributed by atoms with van der Waals surface area (Å²) < 4.78 is 10.4. The number of carbonyl (C=O) groups is 2. The largest absolute Gasteiger partial charge is 0.489 e. The predicted molar refractivity (Wildman–Crippen MR) is 81.3 cm³/mol. The van der Waals surface area contributed by atoms with Crippen LogP contribution in [0.1, 0.15) is 18.5 Å². The van der Waals surface area contributed by atoms with Gasteiger partial charge in [-0.15, -0.1) is 0 Å². The molecule has 1 aliphatic rings. The number of urea groups is 1. The zero-order valence-electron chi connectivity index (χ0n) is 12.5. The van der Waals surface area contributed by atoms with Crippen LogP contribution in [0.5, 0.6) is 5.75 Å². The van der Waals surface area contributed by atoms with E-state index in [0.29, 0.717) is 29.2 Å². The molecular weight excluding hydrogens is 284 g/mol. The normalized spacial score (nSPS) is 17.4. The highest BCUT2D eigenvalue weighted by atomic mass is 16.5. The van der Waals surface area contributed by atoms with Crippen molar-refractivity contribution in [3.05, 3.63) is 53.8 Å². The molecule has 2 rings (SSSR count). The van der Waals surface area contributed by atoms with Crippen LogP contribution in [0, 0.1) is 0 Å². The van der Waals surface area contributed by atoms with E-state index < -0.39 is 12.0 Å². The Morgan fingerprint density at radius 2 is 2.14 bits per heavy atom. The number of ether oxygens (including phenoxy) is 2. The van der Waals surface area contributed by atoms with Crippen molar-refractivity contribution < 1.29 is 19.1 Å². The Labute approximate surface area is 128 Å². The number of rotatable bonds is 5. The lowest BCUT2D eigenvalue weighted by Crippen LogP contribution is -2.45. The number of esters is 1. The number of para-hydroxylation sites is 1. The van der Waals surface area contributed by atoms with Gasteiger partial charge in [0.2, 0.25) is 0 Å². The van der Waals surface area contributed by atoms with Crippen molar-refractivity contribution in [2.75, 3.05) is 13.7 Å². The number of carbonyl (C=O) groups excluding carboxylic acids is 2. The molecule has 22 heavy (non-hydrogen) atoms. The summed E-state index contributed by atoms with van der Waals surface area (Å²) in [5.74, 6) is 0.0670. The first kappa shape index (κ1) is 15.6. The van der Waals surface area contributed by atoms with Gasteiger partial charge >= 0.3 is 12.0 Å². The quantitative estimate of drug-likeness (QED) is 0.644. The first-order valence-electron chi connectivity index (χ1n) is 6.77. The highest BCUT2D eigenvalue weighted by Crippen LogP contribution is 2.33. The average molecular weight is 302 g/mol.